The molecule has 486 valence electrons. The number of phenolic OH excluding ortho intramolecular Hbond substituents is 1. The quantitative estimate of drug-likeness (QED) is 0.0707. The number of carboxylic acids is 1. The number of hydrazine groups is 1. The van der Waals surface area contributed by atoms with Gasteiger partial charge in [0.15, 0.2) is 5.78 Å². The Morgan fingerprint density at radius 3 is 1.96 bits per heavy atom. The van der Waals surface area contributed by atoms with E-state index in [1.165, 1.54) is 52.0 Å². The van der Waals surface area contributed by atoms with E-state index in [9.17, 15) is 67.7 Å². The van der Waals surface area contributed by atoms with Gasteiger partial charge < -0.3 is 52.8 Å². The summed E-state index contributed by atoms with van der Waals surface area (Å²) in [6.45, 7) is 12.5. The highest BCUT2D eigenvalue weighted by Crippen LogP contribution is 2.50. The monoisotopic (exact) mass is 1240 g/mol. The van der Waals surface area contributed by atoms with Gasteiger partial charge in [0, 0.05) is 54.6 Å². The number of hydrogen-bond donors (Lipinski definition) is 12. The molecule has 9 atom stereocenters. The zero-order valence-electron chi connectivity index (χ0n) is 52.6. The number of amides is 7. The summed E-state index contributed by atoms with van der Waals surface area (Å²) in [5.41, 5.74) is 8.85. The number of aromatic hydroxyl groups is 1. The Hall–Kier alpha value is -8.12. The molecule has 0 bridgehead atoms. The summed E-state index contributed by atoms with van der Waals surface area (Å²) in [7, 11) is 0. The molecular formula is C65H92N10O14. The topological polar surface area (TPSA) is 383 Å². The number of Topliss-reactive ketones (excluding diaryl/α,β-unsaturated/α-hetero) is 4. The molecule has 2 aromatic carbocycles. The van der Waals surface area contributed by atoms with Gasteiger partial charge in [0.25, 0.3) is 0 Å². The van der Waals surface area contributed by atoms with Crippen LogP contribution >= 0.6 is 0 Å². The Morgan fingerprint density at radius 2 is 1.33 bits per heavy atom. The molecule has 89 heavy (non-hydrogen) atoms. The van der Waals surface area contributed by atoms with E-state index in [0.29, 0.717) is 47.7 Å². The number of aliphatic carboxylic acids is 1. The lowest BCUT2D eigenvalue weighted by Crippen LogP contribution is -2.65. The van der Waals surface area contributed by atoms with Crippen molar-refractivity contribution < 1.29 is 67.7 Å². The summed E-state index contributed by atoms with van der Waals surface area (Å²) >= 11 is 0. The van der Waals surface area contributed by atoms with Crippen LogP contribution in [0.4, 0.5) is 0 Å². The van der Waals surface area contributed by atoms with Crippen molar-refractivity contribution in [2.75, 3.05) is 0 Å². The van der Waals surface area contributed by atoms with Gasteiger partial charge in [-0.1, -0.05) is 82.5 Å². The standard InChI is InChI=1S/C65H92N10O14/c1-38(2)32-49-54(81)55(82)65(30-31-65)36-52(78)48(26-27-53(79)80)71-60(87)51(34-44-37-67-47-21-17-16-20-46(44)47)73-59(86)50(33-43-22-24-45(77)25-23-43)72-58(85)42(6)69-61(88)63(7,35-39(3)76)28-18-14-12-10-9-11-13-15-19-29-64(8,75-74-49)62(89)70-41(5)57(84)68-40(4)56(66)83/h11,13,16-17,20-25,37-38,40-42,48-51,67,74-75,77H,9-10,12,14-15,18-19,26-36H2,1-8H3,(H2,66,83)(H,68,84)(H,69,88)(H,70,89)(H,71,87)(H,72,85)(H,73,86)(H,79,80)/t40?,41-,42?,48-,49-,50-,51-,63-,64-/m0/s1. The van der Waals surface area contributed by atoms with E-state index < -0.39 is 143 Å². The first-order valence-electron chi connectivity index (χ1n) is 30.9. The summed E-state index contributed by atoms with van der Waals surface area (Å²) < 4.78 is 0. The number of rotatable bonds is 16. The Kier molecular flexibility index (Phi) is 26.5. The number of fused-ring (bicyclic) bond motifs is 1. The van der Waals surface area contributed by atoms with Gasteiger partial charge in [0.2, 0.25) is 52.9 Å². The van der Waals surface area contributed by atoms with Crippen LogP contribution in [0.3, 0.4) is 0 Å². The van der Waals surface area contributed by atoms with Gasteiger partial charge in [-0.05, 0) is 134 Å². The van der Waals surface area contributed by atoms with E-state index in [-0.39, 0.29) is 62.4 Å². The van der Waals surface area contributed by atoms with Crippen LogP contribution in [0.2, 0.25) is 0 Å². The lowest BCUT2D eigenvalue weighted by Gasteiger charge is -2.33. The molecule has 13 N–H and O–H groups in total. The van der Waals surface area contributed by atoms with Gasteiger partial charge >= 0.3 is 5.97 Å². The van der Waals surface area contributed by atoms with Gasteiger partial charge in [-0.15, -0.1) is 0 Å². The van der Waals surface area contributed by atoms with Crippen LogP contribution in [0.1, 0.15) is 169 Å². The average molecular weight is 1240 g/mol. The zero-order chi connectivity index (χ0) is 65.8. The Bertz CT molecular complexity index is 3080. The van der Waals surface area contributed by atoms with Gasteiger partial charge in [-0.2, -0.15) is 0 Å². The molecule has 24 heteroatoms. The molecule has 1 aliphatic carbocycles. The second kappa shape index (κ2) is 32.9. The molecule has 2 heterocycles. The summed E-state index contributed by atoms with van der Waals surface area (Å²) in [5.74, 6) is -9.54. The molecule has 1 aromatic heterocycles. The molecule has 0 saturated heterocycles. The first-order valence-corrected chi connectivity index (χ1v) is 30.9. The Labute approximate surface area is 520 Å². The fourth-order valence-corrected chi connectivity index (χ4v) is 11.0. The minimum Gasteiger partial charge on any atom is -0.508 e. The number of nitrogens with two attached hydrogens (primary N) is 1. The predicted molar refractivity (Wildman–Crippen MR) is 332 cm³/mol. The van der Waals surface area contributed by atoms with Crippen molar-refractivity contribution in [3.8, 4) is 5.75 Å². The number of aromatic nitrogens is 1. The van der Waals surface area contributed by atoms with E-state index in [1.807, 2.05) is 26.0 Å². The van der Waals surface area contributed by atoms with E-state index in [2.05, 4.69) is 47.7 Å². The van der Waals surface area contributed by atoms with Crippen LogP contribution in [-0.4, -0.2) is 133 Å². The molecule has 3 aromatic rings. The molecule has 1 aliphatic heterocycles. The maximum Gasteiger partial charge on any atom is 0.303 e. The molecule has 1 fully saturated rings. The number of phenols is 1. The van der Waals surface area contributed by atoms with Gasteiger partial charge in [-0.3, -0.25) is 57.5 Å². The van der Waals surface area contributed by atoms with E-state index in [0.717, 1.165) is 25.7 Å². The van der Waals surface area contributed by atoms with Crippen LogP contribution in [0.5, 0.6) is 5.75 Å². The van der Waals surface area contributed by atoms with Crippen LogP contribution in [-0.2, 0) is 70.4 Å². The number of carbonyl (C=O) groups is 12. The summed E-state index contributed by atoms with van der Waals surface area (Å²) in [6, 6.07) is 3.89. The number of primary amides is 1. The molecule has 2 unspecified atom stereocenters. The Morgan fingerprint density at radius 1 is 0.708 bits per heavy atom. The molecule has 1 saturated carbocycles. The van der Waals surface area contributed by atoms with Gasteiger partial charge in [0.1, 0.15) is 47.3 Å². The molecule has 2 aliphatic rings. The highest BCUT2D eigenvalue weighted by molar-refractivity contribution is 6.42. The first-order chi connectivity index (χ1) is 42.0. The van der Waals surface area contributed by atoms with Gasteiger partial charge in [0.05, 0.1) is 17.5 Å². The maximum atomic E-state index is 14.9. The summed E-state index contributed by atoms with van der Waals surface area (Å²) in [5, 5.41) is 36.7. The normalized spacial score (nSPS) is 25.2. The second-order valence-electron chi connectivity index (χ2n) is 25.2. The molecular weight excluding hydrogens is 1140 g/mol. The number of nitrogens with one attached hydrogen (secondary N) is 9. The number of H-pyrrole nitrogens is 1. The van der Waals surface area contributed by atoms with E-state index in [1.54, 1.807) is 44.3 Å². The van der Waals surface area contributed by atoms with Crippen molar-refractivity contribution in [3.63, 3.8) is 0 Å². The van der Waals surface area contributed by atoms with Crippen LogP contribution in [0.25, 0.3) is 10.9 Å². The van der Waals surface area contributed by atoms with Crippen LogP contribution in [0.15, 0.2) is 66.9 Å². The number of carbonyl (C=O) groups excluding carboxylic acids is 11. The number of hydrogen-bond acceptors (Lipinski definition) is 15. The maximum absolute atomic E-state index is 14.9. The van der Waals surface area contributed by atoms with Crippen molar-refractivity contribution in [1.82, 2.24) is 47.7 Å². The smallest absolute Gasteiger partial charge is 0.303 e. The van der Waals surface area contributed by atoms with Crippen molar-refractivity contribution in [2.45, 2.75) is 219 Å². The third kappa shape index (κ3) is 21.6. The minimum absolute atomic E-state index is 0.0691. The molecule has 5 rings (SSSR count). The lowest BCUT2D eigenvalue weighted by atomic mass is 9.79. The van der Waals surface area contributed by atoms with Crippen molar-refractivity contribution in [3.05, 3.63) is 78.0 Å². The second-order valence-corrected chi connectivity index (χ2v) is 25.2. The lowest BCUT2D eigenvalue weighted by molar-refractivity contribution is -0.143. The first kappa shape index (κ1) is 71.6. The minimum atomic E-state index is -1.55. The SMILES string of the molecule is CC(=O)C[C@]1(C)CCCCCCC=CCCC[C@@](C)(C(=O)N[C@@H](C)C(=O)NC(C)C(N)=O)NN[C@@H](CC(C)C)C(=O)C(=O)C2(CC2)CC(=O)[C@H](CCC(=O)O)NC(=O)[C@H](Cc2c[nH]c3ccccc23)NC(=O)[C@H](Cc2ccc(O)cc2)NC(=O)C(C)NC1=O. The van der Waals surface area contributed by atoms with Gasteiger partial charge in [-0.25, -0.2) is 10.9 Å². The fraction of sp³-hybridized carbons (Fsp3) is 0.569. The third-order valence-corrected chi connectivity index (χ3v) is 16.7. The number of para-hydroxylation sites is 1. The van der Waals surface area contributed by atoms with E-state index in [4.69, 9.17) is 5.73 Å². The third-order valence-electron chi connectivity index (χ3n) is 16.7. The highest BCUT2D eigenvalue weighted by Gasteiger charge is 2.55. The largest absolute Gasteiger partial charge is 0.508 e. The average Bonchev–Trinajstić information content (AvgIpc) is 1.83. The molecule has 0 radical (unpaired) electrons. The summed E-state index contributed by atoms with van der Waals surface area (Å²) in [6.07, 6.45) is 8.97. The number of carboxylic acid groups (broad SMARTS) is 1. The van der Waals surface area contributed by atoms with E-state index >= 15 is 0 Å². The predicted octanol–water partition coefficient (Wildman–Crippen LogP) is 4.19. The van der Waals surface area contributed by atoms with Crippen molar-refractivity contribution >= 4 is 81.4 Å². The molecule has 1 spiro atoms. The van der Waals surface area contributed by atoms with Crippen LogP contribution in [0, 0.1) is 16.7 Å². The summed E-state index contributed by atoms with van der Waals surface area (Å²) in [4.78, 5) is 169. The van der Waals surface area contributed by atoms with Crippen molar-refractivity contribution in [2.24, 2.45) is 22.5 Å². The fourth-order valence-electron chi connectivity index (χ4n) is 11.0. The molecule has 24 nitrogen and oxygen atoms in total. The number of benzene rings is 2. The molecule has 7 amide bonds. The number of allylic oxidation sites excluding steroid dienone is 2. The Balaban J connectivity index is 1.52. The zero-order valence-corrected chi connectivity index (χ0v) is 52.6. The number of ketones is 4. The van der Waals surface area contributed by atoms with Crippen molar-refractivity contribution in [1.29, 1.82) is 0 Å². The highest BCUT2D eigenvalue weighted by atomic mass is 16.4. The number of aromatic amines is 1. The van der Waals surface area contributed by atoms with Crippen LogP contribution < -0.4 is 48.5 Å².